The van der Waals surface area contributed by atoms with Crippen molar-refractivity contribution < 1.29 is 9.53 Å². The molecule has 0 radical (unpaired) electrons. The van der Waals surface area contributed by atoms with Crippen LogP contribution in [0.5, 0.6) is 0 Å². The Balaban J connectivity index is 1.46. The first-order valence-corrected chi connectivity index (χ1v) is 12.6. The second-order valence-electron chi connectivity index (χ2n) is 9.53. The first-order valence-electron chi connectivity index (χ1n) is 12.6. The first kappa shape index (κ1) is 25.6. The zero-order valence-corrected chi connectivity index (χ0v) is 22.4. The van der Waals surface area contributed by atoms with Crippen molar-refractivity contribution in [3.8, 4) is 11.3 Å². The number of hydrogen-bond acceptors (Lipinski definition) is 10. The minimum Gasteiger partial charge on any atom is -0.464 e. The number of pyridine rings is 1. The quantitative estimate of drug-likeness (QED) is 0.355. The molecular formula is C27H33N9O2. The highest BCUT2D eigenvalue weighted by molar-refractivity contribution is 5.98. The molecule has 1 aliphatic rings. The van der Waals surface area contributed by atoms with Gasteiger partial charge in [0.25, 0.3) is 0 Å². The van der Waals surface area contributed by atoms with Gasteiger partial charge < -0.3 is 24.8 Å². The number of carbonyl (C=O) groups is 1. The fourth-order valence-corrected chi connectivity index (χ4v) is 4.74. The average molecular weight is 516 g/mol. The van der Waals surface area contributed by atoms with E-state index < -0.39 is 5.97 Å². The van der Waals surface area contributed by atoms with Gasteiger partial charge in [0.15, 0.2) is 17.3 Å². The van der Waals surface area contributed by atoms with Gasteiger partial charge in [-0.05, 0) is 31.7 Å². The number of nitrogens with one attached hydrogen (secondary N) is 2. The Morgan fingerprint density at radius 3 is 2.45 bits per heavy atom. The Morgan fingerprint density at radius 2 is 1.76 bits per heavy atom. The Kier molecular flexibility index (Phi) is 7.21. The molecule has 11 nitrogen and oxygen atoms in total. The van der Waals surface area contributed by atoms with E-state index in [4.69, 9.17) is 14.7 Å². The maximum absolute atomic E-state index is 12.8. The fourth-order valence-electron chi connectivity index (χ4n) is 4.74. The maximum Gasteiger partial charge on any atom is 0.360 e. The van der Waals surface area contributed by atoms with Crippen LogP contribution in [-0.2, 0) is 11.8 Å². The van der Waals surface area contributed by atoms with Crippen molar-refractivity contribution in [2.75, 3.05) is 58.0 Å². The van der Waals surface area contributed by atoms with Crippen LogP contribution in [0.4, 0.5) is 17.3 Å². The number of imidazole rings is 1. The third-order valence-corrected chi connectivity index (χ3v) is 7.15. The lowest BCUT2D eigenvalue weighted by Crippen LogP contribution is -2.45. The molecule has 0 amide bonds. The highest BCUT2D eigenvalue weighted by Gasteiger charge is 2.24. The molecule has 0 saturated carbocycles. The number of likely N-dealkylation sites (N-methyl/N-ethyl adjacent to an activating group) is 1. The second kappa shape index (κ2) is 10.7. The van der Waals surface area contributed by atoms with Gasteiger partial charge in [-0.1, -0.05) is 12.1 Å². The molecule has 1 saturated heterocycles. The van der Waals surface area contributed by atoms with Crippen LogP contribution in [0.25, 0.3) is 22.3 Å². The summed E-state index contributed by atoms with van der Waals surface area (Å²) < 4.78 is 6.93. The van der Waals surface area contributed by atoms with Gasteiger partial charge in [-0.15, -0.1) is 0 Å². The molecule has 4 heterocycles. The van der Waals surface area contributed by atoms with Crippen molar-refractivity contribution in [3.05, 3.63) is 54.2 Å². The van der Waals surface area contributed by atoms with Crippen molar-refractivity contribution >= 4 is 34.3 Å². The molecule has 2 N–H and O–H groups in total. The predicted molar refractivity (Wildman–Crippen MR) is 148 cm³/mol. The van der Waals surface area contributed by atoms with Gasteiger partial charge in [-0.2, -0.15) is 0 Å². The molecule has 11 heteroatoms. The van der Waals surface area contributed by atoms with Gasteiger partial charge in [-0.25, -0.2) is 19.7 Å². The van der Waals surface area contributed by atoms with E-state index in [-0.39, 0.29) is 5.69 Å². The molecule has 1 atom stereocenters. The van der Waals surface area contributed by atoms with Crippen LogP contribution in [0.2, 0.25) is 0 Å². The smallest absolute Gasteiger partial charge is 0.360 e. The zero-order valence-electron chi connectivity index (χ0n) is 22.4. The van der Waals surface area contributed by atoms with E-state index in [1.165, 1.54) is 12.7 Å². The number of rotatable bonds is 7. The van der Waals surface area contributed by atoms with Crippen molar-refractivity contribution in [2.45, 2.75) is 13.0 Å². The summed E-state index contributed by atoms with van der Waals surface area (Å²) >= 11 is 0. The standard InChI is InChI=1S/C27H33N9O2/c1-17(36-12-10-34(3)11-13-36)18-6-8-19(9-7-18)31-26-24(27(37)38-5)32-23(25(28-2)33-26)20-14-29-15-21-22(20)30-16-35(21)4/h6-9,14-17H,10-13H2,1-5H3,(H2,28,31,33). The van der Waals surface area contributed by atoms with Gasteiger partial charge in [-0.3, -0.25) is 9.88 Å². The third kappa shape index (κ3) is 4.90. The van der Waals surface area contributed by atoms with Crippen molar-refractivity contribution in [3.63, 3.8) is 0 Å². The molecule has 1 aliphatic heterocycles. The normalized spacial score (nSPS) is 15.4. The number of carbonyl (C=O) groups excluding carboxylic acids is 1. The molecule has 1 fully saturated rings. The van der Waals surface area contributed by atoms with E-state index in [0.717, 1.165) is 42.9 Å². The van der Waals surface area contributed by atoms with Crippen LogP contribution >= 0.6 is 0 Å². The molecule has 4 aromatic rings. The van der Waals surface area contributed by atoms with E-state index in [9.17, 15) is 4.79 Å². The topological polar surface area (TPSA) is 113 Å². The summed E-state index contributed by atoms with van der Waals surface area (Å²) in [5.74, 6) is 0.191. The molecule has 1 aromatic carbocycles. The number of hydrogen-bond donors (Lipinski definition) is 2. The molecule has 0 spiro atoms. The van der Waals surface area contributed by atoms with Crippen molar-refractivity contribution in [1.29, 1.82) is 0 Å². The number of methoxy groups -OCH3 is 1. The maximum atomic E-state index is 12.8. The highest BCUT2D eigenvalue weighted by Crippen LogP contribution is 2.33. The minimum absolute atomic E-state index is 0.0734. The van der Waals surface area contributed by atoms with E-state index in [2.05, 4.69) is 56.5 Å². The third-order valence-electron chi connectivity index (χ3n) is 7.15. The second-order valence-corrected chi connectivity index (χ2v) is 9.53. The Bertz CT molecular complexity index is 1440. The first-order chi connectivity index (χ1) is 18.4. The fraction of sp³-hybridized carbons (Fsp3) is 0.370. The van der Waals surface area contributed by atoms with E-state index in [0.29, 0.717) is 28.9 Å². The largest absolute Gasteiger partial charge is 0.464 e. The van der Waals surface area contributed by atoms with Gasteiger partial charge in [0, 0.05) is 58.2 Å². The molecular weight excluding hydrogens is 482 g/mol. The van der Waals surface area contributed by atoms with Gasteiger partial charge in [0.05, 0.1) is 30.7 Å². The monoisotopic (exact) mass is 515 g/mol. The number of anilines is 3. The SMILES string of the molecule is CNc1nc(Nc2ccc(C(C)N3CCN(C)CC3)cc2)c(C(=O)OC)nc1-c1cncc2c1ncn2C. The van der Waals surface area contributed by atoms with Gasteiger partial charge in [0.2, 0.25) is 0 Å². The predicted octanol–water partition coefficient (Wildman–Crippen LogP) is 3.31. The summed E-state index contributed by atoms with van der Waals surface area (Å²) in [5.41, 5.74) is 4.80. The minimum atomic E-state index is -0.592. The van der Waals surface area contributed by atoms with Crippen LogP contribution in [-0.4, -0.2) is 87.7 Å². The summed E-state index contributed by atoms with van der Waals surface area (Å²) in [6, 6.07) is 8.53. The molecule has 198 valence electrons. The van der Waals surface area contributed by atoms with Crippen LogP contribution in [0.3, 0.4) is 0 Å². The van der Waals surface area contributed by atoms with Crippen LogP contribution in [0.1, 0.15) is 29.0 Å². The lowest BCUT2D eigenvalue weighted by atomic mass is 10.1. The summed E-state index contributed by atoms with van der Waals surface area (Å²) in [6.45, 7) is 6.50. The molecule has 3 aromatic heterocycles. The molecule has 0 bridgehead atoms. The summed E-state index contributed by atoms with van der Waals surface area (Å²) in [5, 5.41) is 6.37. The number of aryl methyl sites for hydroxylation is 1. The average Bonchev–Trinajstić information content (AvgIpc) is 3.33. The van der Waals surface area contributed by atoms with Crippen LogP contribution < -0.4 is 10.6 Å². The number of ether oxygens (including phenoxy) is 1. The number of benzene rings is 1. The zero-order chi connectivity index (χ0) is 26.8. The lowest BCUT2D eigenvalue weighted by molar-refractivity contribution is 0.0595. The summed E-state index contributed by atoms with van der Waals surface area (Å²) in [6.07, 6.45) is 5.13. The van der Waals surface area contributed by atoms with Crippen LogP contribution in [0.15, 0.2) is 43.0 Å². The van der Waals surface area contributed by atoms with Crippen LogP contribution in [0, 0.1) is 0 Å². The van der Waals surface area contributed by atoms with E-state index in [1.807, 2.05) is 23.7 Å². The Hall–Kier alpha value is -4.09. The molecule has 1 unspecified atom stereocenters. The molecule has 5 rings (SSSR count). The summed E-state index contributed by atoms with van der Waals surface area (Å²) in [7, 11) is 7.15. The molecule has 0 aliphatic carbocycles. The number of fused-ring (bicyclic) bond motifs is 1. The van der Waals surface area contributed by atoms with E-state index >= 15 is 0 Å². The Labute approximate surface area is 221 Å². The number of piperazine rings is 1. The lowest BCUT2D eigenvalue weighted by Gasteiger charge is -2.36. The highest BCUT2D eigenvalue weighted by atomic mass is 16.5. The Morgan fingerprint density at radius 1 is 1.03 bits per heavy atom. The number of esters is 1. The van der Waals surface area contributed by atoms with Gasteiger partial charge >= 0.3 is 5.97 Å². The van der Waals surface area contributed by atoms with Crippen molar-refractivity contribution in [1.82, 2.24) is 34.3 Å². The van der Waals surface area contributed by atoms with E-state index in [1.54, 1.807) is 25.8 Å². The number of nitrogens with zero attached hydrogens (tertiary/aromatic N) is 7. The number of aromatic nitrogens is 5. The van der Waals surface area contributed by atoms with Gasteiger partial charge in [0.1, 0.15) is 11.2 Å². The van der Waals surface area contributed by atoms with Crippen molar-refractivity contribution in [2.24, 2.45) is 7.05 Å². The molecule has 38 heavy (non-hydrogen) atoms. The summed E-state index contributed by atoms with van der Waals surface area (Å²) in [4.78, 5) is 35.9.